The van der Waals surface area contributed by atoms with Gasteiger partial charge in [0.15, 0.2) is 50.3 Å². The molecule has 0 bridgehead atoms. The van der Waals surface area contributed by atoms with Crippen molar-refractivity contribution in [1.82, 2.24) is 5.32 Å². The van der Waals surface area contributed by atoms with Gasteiger partial charge in [0.2, 0.25) is 5.91 Å². The largest absolute Gasteiger partial charge is 0.394 e. The van der Waals surface area contributed by atoms with Crippen LogP contribution < -0.4 is 5.32 Å². The molecule has 0 aromatic rings. The van der Waals surface area contributed by atoms with Gasteiger partial charge in [-0.15, -0.1) is 0 Å². The molecule has 8 heterocycles. The van der Waals surface area contributed by atoms with Crippen molar-refractivity contribution in [2.75, 3.05) is 66.1 Å². The summed E-state index contributed by atoms with van der Waals surface area (Å²) in [7, 11) is 0. The molecule has 0 aromatic carbocycles. The second-order valence-corrected chi connectivity index (χ2v) is 25.8. The fraction of sp³-hybridized carbons (Fsp3) is 0.982. The molecule has 602 valence electrons. The highest BCUT2D eigenvalue weighted by molar-refractivity contribution is 5.73. The molecule has 0 radical (unpaired) electrons. The molecule has 8 aliphatic heterocycles. The van der Waals surface area contributed by atoms with Crippen LogP contribution in [0.2, 0.25) is 0 Å². The van der Waals surface area contributed by atoms with Crippen LogP contribution in [0.25, 0.3) is 0 Å². The third-order valence-corrected chi connectivity index (χ3v) is 18.8. The van der Waals surface area contributed by atoms with E-state index in [2.05, 4.69) is 5.32 Å². The molecule has 44 atom stereocenters. The van der Waals surface area contributed by atoms with Crippen molar-refractivity contribution in [3.8, 4) is 0 Å². The number of hydrogen-bond donors (Lipinski definition) is 30. The van der Waals surface area contributed by atoms with Crippen molar-refractivity contribution in [1.29, 1.82) is 0 Å². The van der Waals surface area contributed by atoms with E-state index in [1.165, 1.54) is 0 Å². The van der Waals surface area contributed by atoms with Crippen molar-refractivity contribution in [2.45, 2.75) is 277 Å². The Morgan fingerprint density at radius 3 is 0.922 bits per heavy atom. The highest BCUT2D eigenvalue weighted by atomic mass is 16.8. The zero-order valence-electron chi connectivity index (χ0n) is 54.4. The van der Waals surface area contributed by atoms with E-state index < -0.39 is 342 Å². The quantitative estimate of drug-likeness (QED) is 0.0318. The Morgan fingerprint density at radius 2 is 0.592 bits per heavy atom. The molecule has 47 heteroatoms. The minimum absolute atomic E-state index is 0.875. The number of carbonyl (C=O) groups excluding carboxylic acids is 1. The van der Waals surface area contributed by atoms with Crippen LogP contribution in [-0.4, -0.2) is 490 Å². The van der Waals surface area contributed by atoms with Gasteiger partial charge in [-0.2, -0.15) is 0 Å². The summed E-state index contributed by atoms with van der Waals surface area (Å²) in [5, 5.41) is 318. The molecule has 103 heavy (non-hydrogen) atoms. The minimum atomic E-state index is -2.55. The second kappa shape index (κ2) is 38.1. The van der Waals surface area contributed by atoms with E-state index in [4.69, 9.17) is 75.8 Å². The summed E-state index contributed by atoms with van der Waals surface area (Å²) in [4.78, 5) is 12.2. The summed E-state index contributed by atoms with van der Waals surface area (Å²) >= 11 is 0. The van der Waals surface area contributed by atoms with Gasteiger partial charge in [-0.25, -0.2) is 0 Å². The lowest BCUT2D eigenvalue weighted by Gasteiger charge is -2.49. The average molecular weight is 1520 g/mol. The first kappa shape index (κ1) is 86.3. The number of carbonyl (C=O) groups is 1. The number of aliphatic hydroxyl groups is 29. The van der Waals surface area contributed by atoms with Crippen LogP contribution >= 0.6 is 0 Å². The molecule has 47 nitrogen and oxygen atoms in total. The number of hydrogen-bond acceptors (Lipinski definition) is 46. The molecule has 0 aromatic heterocycles. The van der Waals surface area contributed by atoms with Gasteiger partial charge in [-0.05, 0) is 0 Å². The Bertz CT molecular complexity index is 2530. The molecular formula is C56H97NO46. The van der Waals surface area contributed by atoms with Crippen LogP contribution in [0.5, 0.6) is 0 Å². The van der Waals surface area contributed by atoms with Crippen molar-refractivity contribution >= 4 is 5.91 Å². The zero-order valence-corrected chi connectivity index (χ0v) is 54.4. The standard InChI is InChI=1S/C56H97NO46/c1-12(66)57-13(2-58)23(68)43(14(67)3-59)98-53-42(87)45(100-56-48(37(82)29(74)20(9-65)95-56)103-52-40(85)34(79)26(71)17(6-62)92-52)31(76)22(97-53)10-88-49-41(86)44(99-55-47(36(81)28(73)19(8-64)94-55)102-51-39(84)33(78)25(70)16(5-61)91-51)30(75)21(96-49)11-89-54-46(35(80)27(72)18(7-63)93-54)101-50-38(83)32(77)24(69)15(4-60)90-50/h13-56,58-65,67-87H,2-11H2,1H3,(H,57,66)/t13-,14+,15+,16+,17+,18+,19+,20+,21+,22+,23+,24+,25+,26+,27+,28+,29+,30+,31+,32-,33-,34-,35-,36-,37-,38-,39-,40-,41-,42-,43+,44-,45-,46-,47-,48-,49-,50+,51+,52+,53-,54+,55+,56+/m0/s1. The van der Waals surface area contributed by atoms with Crippen molar-refractivity contribution in [3.05, 3.63) is 0 Å². The summed E-state index contributed by atoms with van der Waals surface area (Å²) in [5.41, 5.74) is 0. The Hall–Kier alpha value is -2.33. The normalized spacial score (nSPS) is 49.1. The maximum atomic E-state index is 12.3. The molecule has 0 unspecified atom stereocenters. The zero-order chi connectivity index (χ0) is 76.1. The highest BCUT2D eigenvalue weighted by Crippen LogP contribution is 2.39. The summed E-state index contributed by atoms with van der Waals surface area (Å²) in [6.07, 6.45) is -93.2. The van der Waals surface area contributed by atoms with Gasteiger partial charge < -0.3 is 229 Å². The van der Waals surface area contributed by atoms with E-state index in [0.717, 1.165) is 6.92 Å². The Morgan fingerprint density at radius 1 is 0.311 bits per heavy atom. The van der Waals surface area contributed by atoms with Crippen molar-refractivity contribution in [2.24, 2.45) is 0 Å². The molecular weight excluding hydrogens is 1420 g/mol. The number of ether oxygens (including phenoxy) is 16. The van der Waals surface area contributed by atoms with Gasteiger partial charge in [0.1, 0.15) is 214 Å². The van der Waals surface area contributed by atoms with E-state index in [1.807, 2.05) is 0 Å². The highest BCUT2D eigenvalue weighted by Gasteiger charge is 2.59. The van der Waals surface area contributed by atoms with Crippen LogP contribution in [0.3, 0.4) is 0 Å². The third-order valence-electron chi connectivity index (χ3n) is 18.8. The van der Waals surface area contributed by atoms with Crippen molar-refractivity contribution in [3.63, 3.8) is 0 Å². The van der Waals surface area contributed by atoms with Gasteiger partial charge in [-0.1, -0.05) is 0 Å². The maximum Gasteiger partial charge on any atom is 0.217 e. The summed E-state index contributed by atoms with van der Waals surface area (Å²) in [6, 6.07) is -1.75. The van der Waals surface area contributed by atoms with Gasteiger partial charge in [0.05, 0.1) is 72.1 Å². The first-order valence-electron chi connectivity index (χ1n) is 32.6. The average Bonchev–Trinajstić information content (AvgIpc) is 0.770. The predicted molar refractivity (Wildman–Crippen MR) is 311 cm³/mol. The molecule has 8 fully saturated rings. The van der Waals surface area contributed by atoms with E-state index in [0.29, 0.717) is 0 Å². The number of aliphatic hydroxyl groups excluding tert-OH is 29. The van der Waals surface area contributed by atoms with Gasteiger partial charge >= 0.3 is 0 Å². The number of rotatable bonds is 30. The molecule has 0 aliphatic carbocycles. The van der Waals surface area contributed by atoms with Crippen LogP contribution in [0.4, 0.5) is 0 Å². The SMILES string of the molecule is CC(=O)N[C@@H](CO)[C@@H](O)[C@H](O[C@@H]1O[C@H](CO[C@H]2O[C@H](CO[C@@H]3O[C@H](CO)[C@@H](O)[C@H](O)[C@@H]3O[C@H]3O[C@H](CO)[C@@H](O)[C@H](O)[C@@H]3O)[C@@H](O)[C@H](O[C@H]3O[C@H](CO)[C@@H](O)[C@H](O)[C@@H]3O[C@H]3O[C@H](CO)[C@@H](O)[C@H](O)[C@@H]3O)[C@@H]2O)[C@@H](O)[C@H](O[C@H]2O[C@H](CO)[C@@H](O)[C@H](O)[C@@H]2O[C@H]2O[C@H](CO)[C@@H](O)[C@H](O)[C@@H]2O)[C@@H]1O)[C@H](O)CO. The molecule has 8 aliphatic rings. The number of amides is 1. The monoisotopic (exact) mass is 1520 g/mol. The molecule has 0 spiro atoms. The van der Waals surface area contributed by atoms with Crippen LogP contribution in [-0.2, 0) is 80.6 Å². The lowest BCUT2D eigenvalue weighted by Crippen LogP contribution is -2.68. The fourth-order valence-electron chi connectivity index (χ4n) is 12.7. The van der Waals surface area contributed by atoms with Crippen LogP contribution in [0.15, 0.2) is 0 Å². The lowest BCUT2D eigenvalue weighted by atomic mass is 9.95. The molecule has 30 N–H and O–H groups in total. The maximum absolute atomic E-state index is 12.3. The lowest BCUT2D eigenvalue weighted by molar-refractivity contribution is -0.399. The Kier molecular flexibility index (Phi) is 31.9. The third kappa shape index (κ3) is 19.0. The topological polar surface area (TPSA) is 763 Å². The molecule has 1 amide bonds. The smallest absolute Gasteiger partial charge is 0.217 e. The van der Waals surface area contributed by atoms with Crippen LogP contribution in [0, 0.1) is 0 Å². The minimum Gasteiger partial charge on any atom is -0.394 e. The fourth-order valence-corrected chi connectivity index (χ4v) is 12.7. The van der Waals surface area contributed by atoms with Gasteiger partial charge in [0.25, 0.3) is 0 Å². The number of nitrogens with one attached hydrogen (secondary N) is 1. The molecule has 8 saturated heterocycles. The van der Waals surface area contributed by atoms with Gasteiger partial charge in [-0.3, -0.25) is 4.79 Å². The van der Waals surface area contributed by atoms with Gasteiger partial charge in [0, 0.05) is 6.92 Å². The Labute approximate surface area is 581 Å². The molecule has 0 saturated carbocycles. The first-order chi connectivity index (χ1) is 48.7. The summed E-state index contributed by atoms with van der Waals surface area (Å²) in [6.45, 7) is -10.3. The van der Waals surface area contributed by atoms with E-state index >= 15 is 0 Å². The summed E-state index contributed by atoms with van der Waals surface area (Å²) in [5.74, 6) is -0.875. The van der Waals surface area contributed by atoms with Crippen LogP contribution in [0.1, 0.15) is 6.92 Å². The summed E-state index contributed by atoms with van der Waals surface area (Å²) < 4.78 is 92.5. The first-order valence-corrected chi connectivity index (χ1v) is 32.6. The van der Waals surface area contributed by atoms with Crippen molar-refractivity contribution < 1.29 is 229 Å². The van der Waals surface area contributed by atoms with E-state index in [1.54, 1.807) is 0 Å². The Balaban J connectivity index is 1.16. The molecule has 8 rings (SSSR count). The predicted octanol–water partition coefficient (Wildman–Crippen LogP) is -20.8. The second-order valence-electron chi connectivity index (χ2n) is 25.8. The van der Waals surface area contributed by atoms with E-state index in [-0.39, 0.29) is 0 Å². The van der Waals surface area contributed by atoms with E-state index in [9.17, 15) is 153 Å².